The third kappa shape index (κ3) is 3.45. The van der Waals surface area contributed by atoms with E-state index < -0.39 is 0 Å². The molecule has 2 aromatic rings. The second kappa shape index (κ2) is 6.65. The summed E-state index contributed by atoms with van der Waals surface area (Å²) in [5.41, 5.74) is 1.23. The maximum atomic E-state index is 10.0. The molecule has 21 heavy (non-hydrogen) atoms. The second-order valence-corrected chi connectivity index (χ2v) is 4.23. The molecule has 2 aromatic carbocycles. The van der Waals surface area contributed by atoms with Gasteiger partial charge in [-0.2, -0.15) is 0 Å². The predicted molar refractivity (Wildman–Crippen MR) is 81.5 cm³/mol. The average Bonchev–Trinajstić information content (AvgIpc) is 2.53. The molecule has 0 amide bonds. The number of methoxy groups -OCH3 is 3. The van der Waals surface area contributed by atoms with Crippen LogP contribution in [0.1, 0.15) is 5.56 Å². The summed E-state index contributed by atoms with van der Waals surface area (Å²) < 4.78 is 15.4. The summed E-state index contributed by atoms with van der Waals surface area (Å²) in [5.74, 6) is 1.76. The normalized spacial score (nSPS) is 10.6. The molecule has 0 saturated heterocycles. The third-order valence-electron chi connectivity index (χ3n) is 2.94. The van der Waals surface area contributed by atoms with Gasteiger partial charge in [0.05, 0.1) is 27.0 Å². The average molecular weight is 287 g/mol. The van der Waals surface area contributed by atoms with Crippen molar-refractivity contribution in [2.45, 2.75) is 0 Å². The van der Waals surface area contributed by atoms with Crippen molar-refractivity contribution < 1.29 is 19.3 Å². The first kappa shape index (κ1) is 14.7. The monoisotopic (exact) mass is 287 g/mol. The van der Waals surface area contributed by atoms with E-state index in [1.807, 2.05) is 0 Å². The van der Waals surface area contributed by atoms with Crippen molar-refractivity contribution in [3.8, 4) is 23.0 Å². The number of para-hydroxylation sites is 1. The van der Waals surface area contributed by atoms with Crippen molar-refractivity contribution >= 4 is 11.9 Å². The lowest BCUT2D eigenvalue weighted by Crippen LogP contribution is -1.89. The van der Waals surface area contributed by atoms with Gasteiger partial charge in [0.2, 0.25) is 0 Å². The summed E-state index contributed by atoms with van der Waals surface area (Å²) in [5, 5.41) is 10.0. The Hall–Kier alpha value is -2.69. The Bertz CT molecular complexity index is 630. The van der Waals surface area contributed by atoms with Crippen LogP contribution in [0.2, 0.25) is 0 Å². The minimum atomic E-state index is 0.0543. The third-order valence-corrected chi connectivity index (χ3v) is 2.94. The van der Waals surface area contributed by atoms with Gasteiger partial charge in [0.1, 0.15) is 11.5 Å². The number of aliphatic imine (C=N–C) groups is 1. The van der Waals surface area contributed by atoms with E-state index in [0.717, 1.165) is 0 Å². The van der Waals surface area contributed by atoms with Crippen molar-refractivity contribution in [2.75, 3.05) is 21.3 Å². The molecule has 0 saturated carbocycles. The maximum Gasteiger partial charge on any atom is 0.166 e. The number of phenolic OH excluding ortho intramolecular Hbond substituents is 1. The molecule has 0 heterocycles. The van der Waals surface area contributed by atoms with E-state index >= 15 is 0 Å². The quantitative estimate of drug-likeness (QED) is 0.858. The van der Waals surface area contributed by atoms with Gasteiger partial charge in [-0.3, -0.25) is 4.99 Å². The SMILES string of the molecule is COc1cc(N=Cc2cccc(OC)c2O)cc(OC)c1. The molecule has 5 nitrogen and oxygen atoms in total. The summed E-state index contributed by atoms with van der Waals surface area (Å²) in [6, 6.07) is 10.5. The van der Waals surface area contributed by atoms with Crippen LogP contribution < -0.4 is 14.2 Å². The molecule has 110 valence electrons. The second-order valence-electron chi connectivity index (χ2n) is 4.23. The number of aromatic hydroxyl groups is 1. The van der Waals surface area contributed by atoms with E-state index in [9.17, 15) is 5.11 Å². The number of nitrogens with zero attached hydrogens (tertiary/aromatic N) is 1. The van der Waals surface area contributed by atoms with Crippen LogP contribution in [0.3, 0.4) is 0 Å². The summed E-state index contributed by atoms with van der Waals surface area (Å²) in [7, 11) is 4.66. The molecule has 0 fully saturated rings. The van der Waals surface area contributed by atoms with E-state index in [0.29, 0.717) is 28.5 Å². The number of benzene rings is 2. The number of phenols is 1. The first-order valence-electron chi connectivity index (χ1n) is 6.31. The zero-order chi connectivity index (χ0) is 15.2. The molecule has 2 rings (SSSR count). The number of hydrogen-bond acceptors (Lipinski definition) is 5. The summed E-state index contributed by atoms with van der Waals surface area (Å²) in [6.07, 6.45) is 1.56. The van der Waals surface area contributed by atoms with Gasteiger partial charge in [0, 0.05) is 30.0 Å². The van der Waals surface area contributed by atoms with Crippen LogP contribution in [0.25, 0.3) is 0 Å². The van der Waals surface area contributed by atoms with Crippen molar-refractivity contribution in [1.29, 1.82) is 0 Å². The summed E-state index contributed by atoms with van der Waals surface area (Å²) in [4.78, 5) is 4.33. The lowest BCUT2D eigenvalue weighted by Gasteiger charge is -2.06. The molecular weight excluding hydrogens is 270 g/mol. The fraction of sp³-hybridized carbons (Fsp3) is 0.188. The van der Waals surface area contributed by atoms with Crippen LogP contribution in [0.4, 0.5) is 5.69 Å². The summed E-state index contributed by atoms with van der Waals surface area (Å²) >= 11 is 0. The van der Waals surface area contributed by atoms with Crippen LogP contribution in [0, 0.1) is 0 Å². The Morgan fingerprint density at radius 1 is 0.952 bits per heavy atom. The minimum absolute atomic E-state index is 0.0543. The van der Waals surface area contributed by atoms with Crippen molar-refractivity contribution in [3.05, 3.63) is 42.0 Å². The van der Waals surface area contributed by atoms with Crippen LogP contribution in [0.15, 0.2) is 41.4 Å². The van der Waals surface area contributed by atoms with Crippen LogP contribution in [-0.2, 0) is 0 Å². The highest BCUT2D eigenvalue weighted by Crippen LogP contribution is 2.30. The Kier molecular flexibility index (Phi) is 4.66. The molecule has 1 N–H and O–H groups in total. The molecule has 0 spiro atoms. The van der Waals surface area contributed by atoms with Crippen LogP contribution in [-0.4, -0.2) is 32.7 Å². The molecule has 0 unspecified atom stereocenters. The first-order valence-corrected chi connectivity index (χ1v) is 6.31. The van der Waals surface area contributed by atoms with Crippen molar-refractivity contribution in [2.24, 2.45) is 4.99 Å². The fourth-order valence-electron chi connectivity index (χ4n) is 1.82. The number of ether oxygens (including phenoxy) is 3. The Morgan fingerprint density at radius 2 is 1.62 bits per heavy atom. The van der Waals surface area contributed by atoms with Crippen molar-refractivity contribution in [3.63, 3.8) is 0 Å². The molecule has 0 aliphatic rings. The van der Waals surface area contributed by atoms with Gasteiger partial charge in [0.15, 0.2) is 11.5 Å². The highest BCUT2D eigenvalue weighted by atomic mass is 16.5. The van der Waals surface area contributed by atoms with E-state index in [2.05, 4.69) is 4.99 Å². The Balaban J connectivity index is 2.33. The van der Waals surface area contributed by atoms with Gasteiger partial charge in [-0.1, -0.05) is 6.07 Å². The fourth-order valence-corrected chi connectivity index (χ4v) is 1.82. The highest BCUT2D eigenvalue weighted by Gasteiger charge is 2.05. The first-order chi connectivity index (χ1) is 10.2. The van der Waals surface area contributed by atoms with Crippen LogP contribution in [0.5, 0.6) is 23.0 Å². The topological polar surface area (TPSA) is 60.3 Å². The smallest absolute Gasteiger partial charge is 0.166 e. The molecule has 0 bridgehead atoms. The molecular formula is C16H17NO4. The van der Waals surface area contributed by atoms with Gasteiger partial charge in [-0.15, -0.1) is 0 Å². The predicted octanol–water partition coefficient (Wildman–Crippen LogP) is 3.17. The maximum absolute atomic E-state index is 10.0. The number of hydrogen-bond donors (Lipinski definition) is 1. The Labute approximate surface area is 123 Å². The molecule has 0 aliphatic carbocycles. The molecule has 0 atom stereocenters. The van der Waals surface area contributed by atoms with E-state index in [1.165, 1.54) is 7.11 Å². The van der Waals surface area contributed by atoms with Gasteiger partial charge < -0.3 is 19.3 Å². The van der Waals surface area contributed by atoms with Gasteiger partial charge >= 0.3 is 0 Å². The Morgan fingerprint density at radius 3 is 2.19 bits per heavy atom. The summed E-state index contributed by atoms with van der Waals surface area (Å²) in [6.45, 7) is 0. The zero-order valence-electron chi connectivity index (χ0n) is 12.2. The highest BCUT2D eigenvalue weighted by molar-refractivity contribution is 5.86. The van der Waals surface area contributed by atoms with Crippen molar-refractivity contribution in [1.82, 2.24) is 0 Å². The largest absolute Gasteiger partial charge is 0.504 e. The minimum Gasteiger partial charge on any atom is -0.504 e. The molecule has 0 aromatic heterocycles. The van der Waals surface area contributed by atoms with E-state index in [4.69, 9.17) is 14.2 Å². The standard InChI is InChI=1S/C16H17NO4/c1-19-13-7-12(8-14(9-13)20-2)17-10-11-5-4-6-15(21-3)16(11)18/h4-10,18H,1-3H3. The van der Waals surface area contributed by atoms with Gasteiger partial charge in [-0.05, 0) is 12.1 Å². The number of rotatable bonds is 5. The van der Waals surface area contributed by atoms with E-state index in [1.54, 1.807) is 56.8 Å². The molecule has 0 radical (unpaired) electrons. The lowest BCUT2D eigenvalue weighted by molar-refractivity contribution is 0.373. The molecule has 0 aliphatic heterocycles. The zero-order valence-corrected chi connectivity index (χ0v) is 12.2. The van der Waals surface area contributed by atoms with E-state index in [-0.39, 0.29) is 5.75 Å². The van der Waals surface area contributed by atoms with Gasteiger partial charge in [-0.25, -0.2) is 0 Å². The molecule has 5 heteroatoms. The van der Waals surface area contributed by atoms with Crippen LogP contribution >= 0.6 is 0 Å². The van der Waals surface area contributed by atoms with Gasteiger partial charge in [0.25, 0.3) is 0 Å². The lowest BCUT2D eigenvalue weighted by atomic mass is 10.2.